The highest BCUT2D eigenvalue weighted by Crippen LogP contribution is 1.89. The van der Waals surface area contributed by atoms with Gasteiger partial charge in [-0.15, -0.1) is 0 Å². The molecule has 0 atom stereocenters. The van der Waals surface area contributed by atoms with Crippen molar-refractivity contribution in [2.24, 2.45) is 0 Å². The van der Waals surface area contributed by atoms with E-state index in [1.165, 1.54) is 0 Å². The molecule has 0 aliphatic rings. The Morgan fingerprint density at radius 2 is 2.00 bits per heavy atom. The highest BCUT2D eigenvalue weighted by atomic mass is 16.2. The maximum Gasteiger partial charge on any atom is 0.0433 e. The molecule has 0 fully saturated rings. The van der Waals surface area contributed by atoms with Gasteiger partial charge in [-0.2, -0.15) is 0 Å². The van der Waals surface area contributed by atoms with Crippen LogP contribution in [-0.4, -0.2) is 11.7 Å². The summed E-state index contributed by atoms with van der Waals surface area (Å²) in [4.78, 5) is 0. The monoisotopic (exact) mass is 138 g/mol. The Labute approximate surface area is 62.4 Å². The van der Waals surface area contributed by atoms with Crippen LogP contribution < -0.4 is 0 Å². The molecule has 0 saturated heterocycles. The van der Waals surface area contributed by atoms with Crippen LogP contribution >= 0.6 is 0 Å². The Bertz CT molecular complexity index is 123. The Balaban J connectivity index is 3.19. The average molecular weight is 138 g/mol. The van der Waals surface area contributed by atoms with E-state index in [1.807, 2.05) is 24.3 Å². The summed E-state index contributed by atoms with van der Waals surface area (Å²) < 4.78 is 0. The molecular formula is C9H14O. The second-order valence-electron chi connectivity index (χ2n) is 1.91. The second kappa shape index (κ2) is 8.18. The summed E-state index contributed by atoms with van der Waals surface area (Å²) in [5, 5.41) is 8.40. The van der Waals surface area contributed by atoms with Crippen molar-refractivity contribution in [1.29, 1.82) is 0 Å². The Morgan fingerprint density at radius 3 is 2.60 bits per heavy atom. The summed E-state index contributed by atoms with van der Waals surface area (Å²) in [6.45, 7) is 3.81. The number of hydrogen-bond acceptors (Lipinski definition) is 1. The number of allylic oxidation sites excluding steroid dienone is 5. The van der Waals surface area contributed by atoms with Crippen LogP contribution in [0.1, 0.15) is 12.8 Å². The summed E-state index contributed by atoms with van der Waals surface area (Å²) in [7, 11) is 0. The largest absolute Gasteiger partial charge is 0.396 e. The molecule has 0 heterocycles. The van der Waals surface area contributed by atoms with Gasteiger partial charge in [0.1, 0.15) is 0 Å². The van der Waals surface area contributed by atoms with E-state index in [2.05, 4.69) is 6.58 Å². The maximum absolute atomic E-state index is 8.40. The molecule has 0 aliphatic carbocycles. The zero-order valence-corrected chi connectivity index (χ0v) is 6.16. The SMILES string of the molecule is C=C/C=C/C=C/CCCO. The van der Waals surface area contributed by atoms with Gasteiger partial charge in [-0.05, 0) is 12.8 Å². The van der Waals surface area contributed by atoms with Crippen molar-refractivity contribution >= 4 is 0 Å². The topological polar surface area (TPSA) is 20.2 Å². The number of hydrogen-bond donors (Lipinski definition) is 1. The lowest BCUT2D eigenvalue weighted by atomic mass is 10.3. The molecule has 56 valence electrons. The van der Waals surface area contributed by atoms with Crippen molar-refractivity contribution in [1.82, 2.24) is 0 Å². The first-order valence-electron chi connectivity index (χ1n) is 3.47. The first-order chi connectivity index (χ1) is 4.91. The van der Waals surface area contributed by atoms with Gasteiger partial charge in [0.15, 0.2) is 0 Å². The van der Waals surface area contributed by atoms with E-state index in [9.17, 15) is 0 Å². The van der Waals surface area contributed by atoms with Gasteiger partial charge in [0.25, 0.3) is 0 Å². The van der Waals surface area contributed by atoms with Crippen LogP contribution in [0.25, 0.3) is 0 Å². The molecule has 1 N–H and O–H groups in total. The molecule has 0 saturated carbocycles. The maximum atomic E-state index is 8.40. The first-order valence-corrected chi connectivity index (χ1v) is 3.47. The van der Waals surface area contributed by atoms with Crippen LogP contribution in [0.2, 0.25) is 0 Å². The van der Waals surface area contributed by atoms with E-state index in [0.29, 0.717) is 0 Å². The molecule has 0 aromatic heterocycles. The summed E-state index contributed by atoms with van der Waals surface area (Å²) >= 11 is 0. The Hall–Kier alpha value is -0.820. The number of aliphatic hydroxyl groups excluding tert-OH is 1. The van der Waals surface area contributed by atoms with Gasteiger partial charge in [0, 0.05) is 6.61 Å². The second-order valence-corrected chi connectivity index (χ2v) is 1.91. The molecule has 0 radical (unpaired) electrons. The van der Waals surface area contributed by atoms with E-state index < -0.39 is 0 Å². The van der Waals surface area contributed by atoms with Crippen LogP contribution in [0.15, 0.2) is 37.0 Å². The average Bonchev–Trinajstić information content (AvgIpc) is 1.97. The molecule has 0 aromatic rings. The van der Waals surface area contributed by atoms with Crippen molar-refractivity contribution in [2.75, 3.05) is 6.61 Å². The predicted octanol–water partition coefficient (Wildman–Crippen LogP) is 2.06. The fraction of sp³-hybridized carbons (Fsp3) is 0.333. The van der Waals surface area contributed by atoms with Crippen molar-refractivity contribution in [2.45, 2.75) is 12.8 Å². The molecular weight excluding hydrogens is 124 g/mol. The number of unbranched alkanes of at least 4 members (excludes halogenated alkanes) is 1. The third kappa shape index (κ3) is 7.18. The molecule has 0 unspecified atom stereocenters. The van der Waals surface area contributed by atoms with Crippen LogP contribution in [0, 0.1) is 0 Å². The minimum Gasteiger partial charge on any atom is -0.396 e. The van der Waals surface area contributed by atoms with E-state index in [1.54, 1.807) is 6.08 Å². The lowest BCUT2D eigenvalue weighted by molar-refractivity contribution is 0.289. The van der Waals surface area contributed by atoms with E-state index in [0.717, 1.165) is 12.8 Å². The predicted molar refractivity (Wildman–Crippen MR) is 44.8 cm³/mol. The fourth-order valence-corrected chi connectivity index (χ4v) is 0.527. The molecule has 0 aromatic carbocycles. The molecule has 0 amide bonds. The normalized spacial score (nSPS) is 11.3. The summed E-state index contributed by atoms with van der Waals surface area (Å²) in [5.41, 5.74) is 0. The summed E-state index contributed by atoms with van der Waals surface area (Å²) in [6.07, 6.45) is 11.3. The minimum absolute atomic E-state index is 0.273. The summed E-state index contributed by atoms with van der Waals surface area (Å²) in [5.74, 6) is 0. The zero-order chi connectivity index (χ0) is 7.66. The summed E-state index contributed by atoms with van der Waals surface area (Å²) in [6, 6.07) is 0. The van der Waals surface area contributed by atoms with Crippen LogP contribution in [0.4, 0.5) is 0 Å². The lowest BCUT2D eigenvalue weighted by Crippen LogP contribution is -1.77. The number of aliphatic hydroxyl groups is 1. The van der Waals surface area contributed by atoms with Crippen molar-refractivity contribution in [3.63, 3.8) is 0 Å². The lowest BCUT2D eigenvalue weighted by Gasteiger charge is -1.84. The molecule has 0 spiro atoms. The quantitative estimate of drug-likeness (QED) is 0.455. The van der Waals surface area contributed by atoms with Crippen LogP contribution in [-0.2, 0) is 0 Å². The third-order valence-electron chi connectivity index (χ3n) is 1.02. The Morgan fingerprint density at radius 1 is 1.20 bits per heavy atom. The van der Waals surface area contributed by atoms with Gasteiger partial charge >= 0.3 is 0 Å². The van der Waals surface area contributed by atoms with Gasteiger partial charge in [0.2, 0.25) is 0 Å². The van der Waals surface area contributed by atoms with E-state index in [-0.39, 0.29) is 6.61 Å². The highest BCUT2D eigenvalue weighted by Gasteiger charge is 1.75. The van der Waals surface area contributed by atoms with Gasteiger partial charge in [-0.3, -0.25) is 0 Å². The fourth-order valence-electron chi connectivity index (χ4n) is 0.527. The van der Waals surface area contributed by atoms with Gasteiger partial charge in [0.05, 0.1) is 0 Å². The first kappa shape index (κ1) is 9.18. The highest BCUT2D eigenvalue weighted by molar-refractivity contribution is 5.08. The smallest absolute Gasteiger partial charge is 0.0433 e. The molecule has 0 bridgehead atoms. The molecule has 10 heavy (non-hydrogen) atoms. The molecule has 1 nitrogen and oxygen atoms in total. The molecule has 0 rings (SSSR count). The Kier molecular flexibility index (Phi) is 7.51. The van der Waals surface area contributed by atoms with E-state index >= 15 is 0 Å². The third-order valence-corrected chi connectivity index (χ3v) is 1.02. The standard InChI is InChI=1S/C9H14O/c1-2-3-4-5-6-7-8-9-10/h2-6,10H,1,7-9H2/b4-3+,6-5+. The van der Waals surface area contributed by atoms with E-state index in [4.69, 9.17) is 5.11 Å². The van der Waals surface area contributed by atoms with Crippen molar-refractivity contribution in [3.05, 3.63) is 37.0 Å². The zero-order valence-electron chi connectivity index (χ0n) is 6.16. The molecule has 1 heteroatoms. The van der Waals surface area contributed by atoms with Gasteiger partial charge < -0.3 is 5.11 Å². The van der Waals surface area contributed by atoms with Crippen molar-refractivity contribution < 1.29 is 5.11 Å². The van der Waals surface area contributed by atoms with Crippen molar-refractivity contribution in [3.8, 4) is 0 Å². The molecule has 0 aliphatic heterocycles. The van der Waals surface area contributed by atoms with Gasteiger partial charge in [-0.25, -0.2) is 0 Å². The van der Waals surface area contributed by atoms with Crippen LogP contribution in [0.3, 0.4) is 0 Å². The van der Waals surface area contributed by atoms with Crippen LogP contribution in [0.5, 0.6) is 0 Å². The number of rotatable bonds is 5. The van der Waals surface area contributed by atoms with Gasteiger partial charge in [-0.1, -0.05) is 37.0 Å². The minimum atomic E-state index is 0.273.